The number of benzene rings is 4. The largest absolute Gasteiger partial charge is 0.461 e. The van der Waals surface area contributed by atoms with Gasteiger partial charge in [0, 0.05) is 54.1 Å². The predicted molar refractivity (Wildman–Crippen MR) is 179 cm³/mol. The van der Waals surface area contributed by atoms with Crippen molar-refractivity contribution in [2.75, 3.05) is 6.61 Å². The number of carbonyl (C=O) groups is 2. The number of H-pyrrole nitrogens is 2. The van der Waals surface area contributed by atoms with Crippen LogP contribution >= 0.6 is 23.2 Å². The Balaban J connectivity index is 0.000000182. The number of carbonyl (C=O) groups excluding carboxylic acids is 2. The number of fused-ring (bicyclic) bond motifs is 2. The highest BCUT2D eigenvalue weighted by Gasteiger charge is 2.26. The lowest BCUT2D eigenvalue weighted by molar-refractivity contribution is 0.00645. The van der Waals surface area contributed by atoms with Crippen LogP contribution < -0.4 is 0 Å². The Hall–Kier alpha value is -4.66. The highest BCUT2D eigenvalue weighted by atomic mass is 35.5. The molecular formula is C36H30Cl2F2N2O4. The Labute approximate surface area is 274 Å². The van der Waals surface area contributed by atoms with Crippen LogP contribution in [0.4, 0.5) is 8.78 Å². The number of halogens is 4. The van der Waals surface area contributed by atoms with Gasteiger partial charge in [-0.05, 0) is 76.2 Å². The van der Waals surface area contributed by atoms with Gasteiger partial charge in [-0.25, -0.2) is 18.4 Å². The lowest BCUT2D eigenvalue weighted by Crippen LogP contribution is -2.24. The van der Waals surface area contributed by atoms with E-state index in [-0.39, 0.29) is 18.0 Å². The van der Waals surface area contributed by atoms with Gasteiger partial charge in [0.05, 0.1) is 6.61 Å². The first-order chi connectivity index (χ1) is 21.9. The molecule has 0 fully saturated rings. The van der Waals surface area contributed by atoms with Gasteiger partial charge in [0.15, 0.2) is 0 Å². The summed E-state index contributed by atoms with van der Waals surface area (Å²) in [6.07, 6.45) is 0. The summed E-state index contributed by atoms with van der Waals surface area (Å²) in [5.41, 5.74) is 2.76. The second-order valence-electron chi connectivity index (χ2n) is 11.3. The van der Waals surface area contributed by atoms with Gasteiger partial charge in [-0.1, -0.05) is 59.6 Å². The fraction of sp³-hybridized carbons (Fsp3) is 0.167. The van der Waals surface area contributed by atoms with E-state index < -0.39 is 29.2 Å². The lowest BCUT2D eigenvalue weighted by Gasteiger charge is -2.19. The molecule has 6 aromatic rings. The second-order valence-corrected chi connectivity index (χ2v) is 12.2. The van der Waals surface area contributed by atoms with Crippen molar-refractivity contribution >= 4 is 56.9 Å². The second kappa shape index (κ2) is 13.4. The Bertz CT molecular complexity index is 2080. The zero-order valence-corrected chi connectivity index (χ0v) is 26.9. The molecule has 0 saturated heterocycles. The molecule has 0 aliphatic rings. The maximum atomic E-state index is 14.4. The molecule has 6 nitrogen and oxygen atoms in total. The smallest absolute Gasteiger partial charge is 0.355 e. The molecule has 46 heavy (non-hydrogen) atoms. The molecule has 0 aliphatic carbocycles. The van der Waals surface area contributed by atoms with Crippen LogP contribution in [0.3, 0.4) is 0 Å². The van der Waals surface area contributed by atoms with E-state index in [1.165, 1.54) is 12.1 Å². The van der Waals surface area contributed by atoms with E-state index in [9.17, 15) is 18.4 Å². The third-order valence-electron chi connectivity index (χ3n) is 6.89. The van der Waals surface area contributed by atoms with Crippen molar-refractivity contribution in [1.29, 1.82) is 0 Å². The number of hydrogen-bond donors (Lipinski definition) is 2. The van der Waals surface area contributed by atoms with Crippen LogP contribution in [0.1, 0.15) is 48.7 Å². The zero-order chi connectivity index (χ0) is 33.2. The summed E-state index contributed by atoms with van der Waals surface area (Å²) < 4.78 is 39.1. The SMILES string of the molecule is CC(C)(C)OC(=O)c1[nH]c2ccc(Cl)cc2c1-c1ccccc1F.CCOC(=O)c1[nH]c2ccc(Cl)cc2c1-c1ccccc1F. The van der Waals surface area contributed by atoms with Crippen molar-refractivity contribution in [3.63, 3.8) is 0 Å². The first-order valence-electron chi connectivity index (χ1n) is 14.4. The van der Waals surface area contributed by atoms with Gasteiger partial charge in [-0.2, -0.15) is 0 Å². The van der Waals surface area contributed by atoms with Crippen LogP contribution in [0, 0.1) is 11.6 Å². The average molecular weight is 664 g/mol. The Morgan fingerprint density at radius 2 is 1.13 bits per heavy atom. The first kappa shape index (κ1) is 32.7. The molecule has 0 radical (unpaired) electrons. The van der Waals surface area contributed by atoms with Gasteiger partial charge in [0.2, 0.25) is 0 Å². The molecule has 236 valence electrons. The van der Waals surface area contributed by atoms with Gasteiger partial charge < -0.3 is 19.4 Å². The minimum Gasteiger partial charge on any atom is -0.461 e. The van der Waals surface area contributed by atoms with Crippen molar-refractivity contribution in [3.05, 3.63) is 118 Å². The van der Waals surface area contributed by atoms with Crippen molar-refractivity contribution in [2.24, 2.45) is 0 Å². The predicted octanol–water partition coefficient (Wildman–Crippen LogP) is 10.4. The standard InChI is InChI=1S/C19H17ClFNO2.C17H13ClFNO2/c1-19(2,3)24-18(23)17-16(12-6-4-5-7-14(12)21)13-10-11(20)8-9-15(13)22-17;1-2-22-17(21)16-15(11-5-3-4-6-13(11)19)12-9-10(18)7-8-14(12)20-16/h4-10,22H,1-3H3;3-9,20H,2H2,1H3. The van der Waals surface area contributed by atoms with E-state index in [0.717, 1.165) is 0 Å². The van der Waals surface area contributed by atoms with Gasteiger partial charge in [-0.3, -0.25) is 0 Å². The number of rotatable bonds is 5. The van der Waals surface area contributed by atoms with Gasteiger partial charge >= 0.3 is 11.9 Å². The molecule has 4 aromatic carbocycles. The summed E-state index contributed by atoms with van der Waals surface area (Å²) >= 11 is 12.1. The van der Waals surface area contributed by atoms with E-state index in [2.05, 4.69) is 9.97 Å². The van der Waals surface area contributed by atoms with Crippen LogP contribution in [0.2, 0.25) is 10.0 Å². The summed E-state index contributed by atoms with van der Waals surface area (Å²) in [7, 11) is 0. The maximum absolute atomic E-state index is 14.4. The first-order valence-corrected chi connectivity index (χ1v) is 15.2. The third kappa shape index (κ3) is 6.93. The van der Waals surface area contributed by atoms with Crippen LogP contribution in [-0.4, -0.2) is 34.1 Å². The van der Waals surface area contributed by atoms with Crippen LogP contribution in [0.5, 0.6) is 0 Å². The third-order valence-corrected chi connectivity index (χ3v) is 7.36. The van der Waals surface area contributed by atoms with E-state index in [0.29, 0.717) is 54.1 Å². The zero-order valence-electron chi connectivity index (χ0n) is 25.4. The van der Waals surface area contributed by atoms with Crippen LogP contribution in [0.25, 0.3) is 44.1 Å². The molecule has 2 aromatic heterocycles. The van der Waals surface area contributed by atoms with E-state index >= 15 is 0 Å². The molecule has 0 atom stereocenters. The molecule has 0 spiro atoms. The summed E-state index contributed by atoms with van der Waals surface area (Å²) in [5, 5.41) is 2.38. The summed E-state index contributed by atoms with van der Waals surface area (Å²) in [4.78, 5) is 30.8. The Kier molecular flexibility index (Phi) is 9.51. The molecule has 0 bridgehead atoms. The molecule has 0 unspecified atom stereocenters. The Morgan fingerprint density at radius 3 is 1.54 bits per heavy atom. The number of ether oxygens (including phenoxy) is 2. The molecule has 2 heterocycles. The molecular weight excluding hydrogens is 633 g/mol. The molecule has 10 heteroatoms. The molecule has 0 aliphatic heterocycles. The summed E-state index contributed by atoms with van der Waals surface area (Å²) in [5.74, 6) is -1.88. The van der Waals surface area contributed by atoms with Crippen LogP contribution in [0.15, 0.2) is 84.9 Å². The quantitative estimate of drug-likeness (QED) is 0.180. The van der Waals surface area contributed by atoms with Crippen molar-refractivity contribution in [1.82, 2.24) is 9.97 Å². The fourth-order valence-electron chi connectivity index (χ4n) is 5.05. The number of hydrogen-bond acceptors (Lipinski definition) is 4. The van der Waals surface area contributed by atoms with Crippen molar-refractivity contribution in [3.8, 4) is 22.3 Å². The molecule has 0 saturated carbocycles. The monoisotopic (exact) mass is 662 g/mol. The normalized spacial score (nSPS) is 11.3. The summed E-state index contributed by atoms with van der Waals surface area (Å²) in [6, 6.07) is 23.0. The topological polar surface area (TPSA) is 84.2 Å². The van der Waals surface area contributed by atoms with E-state index in [4.69, 9.17) is 32.7 Å². The number of esters is 2. The number of aromatic amines is 2. The van der Waals surface area contributed by atoms with Gasteiger partial charge in [-0.15, -0.1) is 0 Å². The number of nitrogens with one attached hydrogen (secondary N) is 2. The average Bonchev–Trinajstić information content (AvgIpc) is 3.56. The Morgan fingerprint density at radius 1 is 0.696 bits per heavy atom. The van der Waals surface area contributed by atoms with Gasteiger partial charge in [0.1, 0.15) is 28.6 Å². The number of aromatic nitrogens is 2. The molecule has 2 N–H and O–H groups in total. The minimum atomic E-state index is -0.654. The van der Waals surface area contributed by atoms with Crippen molar-refractivity contribution in [2.45, 2.75) is 33.3 Å². The fourth-order valence-corrected chi connectivity index (χ4v) is 5.40. The van der Waals surface area contributed by atoms with Gasteiger partial charge in [0.25, 0.3) is 0 Å². The van der Waals surface area contributed by atoms with Crippen molar-refractivity contribution < 1.29 is 27.8 Å². The highest BCUT2D eigenvalue weighted by molar-refractivity contribution is 6.32. The molecule has 0 amide bonds. The van der Waals surface area contributed by atoms with E-state index in [1.54, 1.807) is 100 Å². The summed E-state index contributed by atoms with van der Waals surface area (Å²) in [6.45, 7) is 7.32. The molecule has 6 rings (SSSR count). The lowest BCUT2D eigenvalue weighted by atomic mass is 10.0. The van der Waals surface area contributed by atoms with Crippen LogP contribution in [-0.2, 0) is 9.47 Å². The minimum absolute atomic E-state index is 0.215. The highest BCUT2D eigenvalue weighted by Crippen LogP contribution is 2.37. The van der Waals surface area contributed by atoms with E-state index in [1.807, 2.05) is 0 Å². The maximum Gasteiger partial charge on any atom is 0.355 e.